The third kappa shape index (κ3) is 1.11. The Morgan fingerprint density at radius 2 is 2.23 bits per heavy atom. The molecule has 0 radical (unpaired) electrons. The first-order valence-electron chi connectivity index (χ1n) is 4.34. The van der Waals surface area contributed by atoms with E-state index < -0.39 is 0 Å². The van der Waals surface area contributed by atoms with E-state index in [9.17, 15) is 0 Å². The molecule has 1 saturated carbocycles. The first kappa shape index (κ1) is 7.33. The van der Waals surface area contributed by atoms with Crippen LogP contribution in [0.2, 0.25) is 5.15 Å². The van der Waals surface area contributed by atoms with Gasteiger partial charge in [-0.25, -0.2) is 9.97 Å². The first-order chi connectivity index (χ1) is 6.34. The van der Waals surface area contributed by atoms with E-state index in [1.807, 2.05) is 0 Å². The summed E-state index contributed by atoms with van der Waals surface area (Å²) < 4.78 is 0. The number of nitrogens with one attached hydrogen (secondary N) is 1. The molecule has 2 aromatic heterocycles. The summed E-state index contributed by atoms with van der Waals surface area (Å²) in [5.41, 5.74) is 2.10. The lowest BCUT2D eigenvalue weighted by Crippen LogP contribution is -1.80. The maximum Gasteiger partial charge on any atom is 0.142 e. The zero-order chi connectivity index (χ0) is 8.84. The molecule has 0 bridgehead atoms. The monoisotopic (exact) mass is 193 g/mol. The van der Waals surface area contributed by atoms with Crippen LogP contribution in [-0.4, -0.2) is 15.0 Å². The Morgan fingerprint density at radius 1 is 1.38 bits per heavy atom. The smallest absolute Gasteiger partial charge is 0.142 e. The van der Waals surface area contributed by atoms with Gasteiger partial charge >= 0.3 is 0 Å². The summed E-state index contributed by atoms with van der Waals surface area (Å²) in [7, 11) is 0. The second kappa shape index (κ2) is 2.45. The average Bonchev–Trinajstić information content (AvgIpc) is 2.87. The predicted molar refractivity (Wildman–Crippen MR) is 50.9 cm³/mol. The van der Waals surface area contributed by atoms with Crippen LogP contribution in [0.15, 0.2) is 12.4 Å². The normalized spacial score (nSPS) is 16.7. The second-order valence-corrected chi connectivity index (χ2v) is 3.78. The van der Waals surface area contributed by atoms with Crippen LogP contribution in [-0.2, 0) is 0 Å². The molecule has 1 aliphatic carbocycles. The Hall–Kier alpha value is -1.09. The van der Waals surface area contributed by atoms with Gasteiger partial charge in [0.05, 0.1) is 5.39 Å². The van der Waals surface area contributed by atoms with Crippen molar-refractivity contribution in [1.29, 1.82) is 0 Å². The molecule has 0 spiro atoms. The molecule has 0 aromatic carbocycles. The van der Waals surface area contributed by atoms with Crippen LogP contribution in [0, 0.1) is 0 Å². The van der Waals surface area contributed by atoms with Gasteiger partial charge in [-0.3, -0.25) is 0 Å². The molecular formula is C9H8ClN3. The third-order valence-electron chi connectivity index (χ3n) is 2.42. The van der Waals surface area contributed by atoms with E-state index in [-0.39, 0.29) is 0 Å². The van der Waals surface area contributed by atoms with Crippen molar-refractivity contribution in [2.24, 2.45) is 0 Å². The molecule has 0 saturated heterocycles. The number of rotatable bonds is 1. The van der Waals surface area contributed by atoms with E-state index in [0.29, 0.717) is 11.1 Å². The molecule has 1 fully saturated rings. The van der Waals surface area contributed by atoms with Gasteiger partial charge in [0, 0.05) is 5.69 Å². The van der Waals surface area contributed by atoms with Crippen molar-refractivity contribution in [2.75, 3.05) is 0 Å². The molecule has 1 N–H and O–H groups in total. The fourth-order valence-corrected chi connectivity index (χ4v) is 1.73. The minimum absolute atomic E-state index is 0.535. The zero-order valence-corrected chi connectivity index (χ0v) is 7.67. The molecule has 13 heavy (non-hydrogen) atoms. The summed E-state index contributed by atoms with van der Waals surface area (Å²) in [6, 6.07) is 2.06. The highest BCUT2D eigenvalue weighted by atomic mass is 35.5. The Labute approximate surface area is 80.2 Å². The summed E-state index contributed by atoms with van der Waals surface area (Å²) in [5, 5.41) is 1.47. The number of hydrogen-bond acceptors (Lipinski definition) is 2. The van der Waals surface area contributed by atoms with E-state index in [2.05, 4.69) is 21.0 Å². The van der Waals surface area contributed by atoms with E-state index in [1.165, 1.54) is 24.9 Å². The molecule has 0 aliphatic heterocycles. The molecular weight excluding hydrogens is 186 g/mol. The van der Waals surface area contributed by atoms with E-state index in [0.717, 1.165) is 11.0 Å². The molecule has 66 valence electrons. The lowest BCUT2D eigenvalue weighted by molar-refractivity contribution is 1.05. The van der Waals surface area contributed by atoms with Crippen LogP contribution in [0.25, 0.3) is 11.0 Å². The van der Waals surface area contributed by atoms with Crippen LogP contribution in [0.4, 0.5) is 0 Å². The molecule has 2 aromatic rings. The van der Waals surface area contributed by atoms with Crippen molar-refractivity contribution < 1.29 is 0 Å². The van der Waals surface area contributed by atoms with Crippen LogP contribution in [0.1, 0.15) is 24.5 Å². The number of fused-ring (bicyclic) bond motifs is 1. The van der Waals surface area contributed by atoms with Crippen LogP contribution in [0.3, 0.4) is 0 Å². The third-order valence-corrected chi connectivity index (χ3v) is 2.72. The molecule has 3 rings (SSSR count). The number of H-pyrrole nitrogens is 1. The molecule has 2 heterocycles. The first-order valence-corrected chi connectivity index (χ1v) is 4.71. The van der Waals surface area contributed by atoms with Crippen molar-refractivity contribution in [2.45, 2.75) is 18.8 Å². The van der Waals surface area contributed by atoms with Gasteiger partial charge in [0.25, 0.3) is 0 Å². The number of aromatic amines is 1. The van der Waals surface area contributed by atoms with Gasteiger partial charge in [-0.2, -0.15) is 0 Å². The average molecular weight is 194 g/mol. The van der Waals surface area contributed by atoms with Gasteiger partial charge in [-0.05, 0) is 24.8 Å². The largest absolute Gasteiger partial charge is 0.343 e. The number of hydrogen-bond donors (Lipinski definition) is 1. The number of halogens is 1. The standard InChI is InChI=1S/C9H8ClN3/c10-8-6-3-7(5-1-2-5)13-9(6)12-4-11-8/h3-5H,1-2H2,(H,11,12,13). The fraction of sp³-hybridized carbons (Fsp3) is 0.333. The summed E-state index contributed by atoms with van der Waals surface area (Å²) in [6.07, 6.45) is 4.04. The quantitative estimate of drug-likeness (QED) is 0.707. The summed E-state index contributed by atoms with van der Waals surface area (Å²) in [5.74, 6) is 0.699. The molecule has 0 unspecified atom stereocenters. The minimum atomic E-state index is 0.535. The van der Waals surface area contributed by atoms with Gasteiger partial charge in [0.2, 0.25) is 0 Å². The van der Waals surface area contributed by atoms with Crippen molar-refractivity contribution in [3.8, 4) is 0 Å². The molecule has 1 aliphatic rings. The SMILES string of the molecule is Clc1ncnc2[nH]c(C3CC3)cc12. The Balaban J connectivity index is 2.26. The molecule has 0 atom stereocenters. The number of aromatic nitrogens is 3. The molecule has 0 amide bonds. The van der Waals surface area contributed by atoms with Gasteiger partial charge in [-0.1, -0.05) is 11.6 Å². The summed E-state index contributed by atoms with van der Waals surface area (Å²) >= 11 is 5.92. The van der Waals surface area contributed by atoms with E-state index in [1.54, 1.807) is 0 Å². The van der Waals surface area contributed by atoms with Crippen molar-refractivity contribution in [3.63, 3.8) is 0 Å². The van der Waals surface area contributed by atoms with E-state index in [4.69, 9.17) is 11.6 Å². The van der Waals surface area contributed by atoms with Crippen LogP contribution >= 0.6 is 11.6 Å². The molecule has 3 nitrogen and oxygen atoms in total. The van der Waals surface area contributed by atoms with Crippen LogP contribution in [0.5, 0.6) is 0 Å². The Bertz CT molecular complexity index is 459. The van der Waals surface area contributed by atoms with Gasteiger partial charge in [-0.15, -0.1) is 0 Å². The van der Waals surface area contributed by atoms with Crippen LogP contribution < -0.4 is 0 Å². The lowest BCUT2D eigenvalue weighted by Gasteiger charge is -1.88. The minimum Gasteiger partial charge on any atom is -0.343 e. The highest BCUT2D eigenvalue weighted by molar-refractivity contribution is 6.33. The van der Waals surface area contributed by atoms with Crippen molar-refractivity contribution in [1.82, 2.24) is 15.0 Å². The molecule has 4 heteroatoms. The number of nitrogens with zero attached hydrogens (tertiary/aromatic N) is 2. The Morgan fingerprint density at radius 3 is 2.92 bits per heavy atom. The highest BCUT2D eigenvalue weighted by Crippen LogP contribution is 2.40. The topological polar surface area (TPSA) is 41.6 Å². The van der Waals surface area contributed by atoms with Gasteiger partial charge in [0.15, 0.2) is 0 Å². The maximum absolute atomic E-state index is 5.92. The van der Waals surface area contributed by atoms with Crippen molar-refractivity contribution in [3.05, 3.63) is 23.2 Å². The lowest BCUT2D eigenvalue weighted by atomic mass is 10.3. The Kier molecular flexibility index (Phi) is 1.38. The summed E-state index contributed by atoms with van der Waals surface area (Å²) in [4.78, 5) is 11.3. The van der Waals surface area contributed by atoms with Gasteiger partial charge in [0.1, 0.15) is 17.1 Å². The predicted octanol–water partition coefficient (Wildman–Crippen LogP) is 2.49. The van der Waals surface area contributed by atoms with E-state index >= 15 is 0 Å². The second-order valence-electron chi connectivity index (χ2n) is 3.43. The maximum atomic E-state index is 5.92. The van der Waals surface area contributed by atoms with Crippen molar-refractivity contribution >= 4 is 22.6 Å². The fourth-order valence-electron chi connectivity index (χ4n) is 1.54. The zero-order valence-electron chi connectivity index (χ0n) is 6.92. The highest BCUT2D eigenvalue weighted by Gasteiger charge is 2.25. The summed E-state index contributed by atoms with van der Waals surface area (Å²) in [6.45, 7) is 0. The van der Waals surface area contributed by atoms with Gasteiger partial charge < -0.3 is 4.98 Å².